The summed E-state index contributed by atoms with van der Waals surface area (Å²) in [5.41, 5.74) is 1.36. The molecule has 0 saturated carbocycles. The highest BCUT2D eigenvalue weighted by molar-refractivity contribution is 6.09. The summed E-state index contributed by atoms with van der Waals surface area (Å²) in [5, 5.41) is 12.0. The fourth-order valence-corrected chi connectivity index (χ4v) is 2.54. The minimum absolute atomic E-state index is 0.0752. The molecule has 0 atom stereocenters. The first-order chi connectivity index (χ1) is 14.5. The summed E-state index contributed by atoms with van der Waals surface area (Å²) < 4.78 is 15.7. The number of esters is 1. The van der Waals surface area contributed by atoms with E-state index >= 15 is 0 Å². The Bertz CT molecular complexity index is 959. The minimum atomic E-state index is -0.564. The van der Waals surface area contributed by atoms with Crippen molar-refractivity contribution in [2.45, 2.75) is 19.8 Å². The summed E-state index contributed by atoms with van der Waals surface area (Å²) >= 11 is 0. The summed E-state index contributed by atoms with van der Waals surface area (Å²) in [6.07, 6.45) is 3.43. The standard InChI is InChI=1S/C23H24N2O5/c1-4-5-12-30-20-11-6-16(14-21(20)28-2)13-18(15-24)22(26)25-19-9-7-17(8-10-19)23(27)29-3/h6-11,13-14H,4-5,12H2,1-3H3,(H,25,26)/b18-13-. The number of carbonyl (C=O) groups excluding carboxylic acids is 2. The van der Waals surface area contributed by atoms with Crippen molar-refractivity contribution >= 4 is 23.6 Å². The number of ether oxygens (including phenoxy) is 3. The van der Waals surface area contributed by atoms with E-state index in [1.54, 1.807) is 30.3 Å². The van der Waals surface area contributed by atoms with Crippen molar-refractivity contribution in [3.63, 3.8) is 0 Å². The summed E-state index contributed by atoms with van der Waals surface area (Å²) in [5.74, 6) is 0.0971. The molecule has 7 heteroatoms. The molecule has 0 saturated heterocycles. The van der Waals surface area contributed by atoms with E-state index in [1.165, 1.54) is 32.4 Å². The van der Waals surface area contributed by atoms with Gasteiger partial charge >= 0.3 is 5.97 Å². The predicted molar refractivity (Wildman–Crippen MR) is 113 cm³/mol. The van der Waals surface area contributed by atoms with Gasteiger partial charge in [0.1, 0.15) is 11.6 Å². The van der Waals surface area contributed by atoms with E-state index in [0.717, 1.165) is 12.8 Å². The second-order valence-electron chi connectivity index (χ2n) is 6.31. The molecule has 156 valence electrons. The Kier molecular flexibility index (Phi) is 8.45. The van der Waals surface area contributed by atoms with Crippen molar-refractivity contribution < 1.29 is 23.8 Å². The van der Waals surface area contributed by atoms with Gasteiger partial charge < -0.3 is 19.5 Å². The number of carbonyl (C=O) groups is 2. The third-order valence-corrected chi connectivity index (χ3v) is 4.18. The van der Waals surface area contributed by atoms with E-state index in [4.69, 9.17) is 9.47 Å². The molecule has 0 heterocycles. The second-order valence-corrected chi connectivity index (χ2v) is 6.31. The number of methoxy groups -OCH3 is 2. The highest BCUT2D eigenvalue weighted by Gasteiger charge is 2.12. The van der Waals surface area contributed by atoms with E-state index in [9.17, 15) is 14.9 Å². The molecule has 0 aromatic heterocycles. The first-order valence-corrected chi connectivity index (χ1v) is 9.44. The maximum atomic E-state index is 12.5. The van der Waals surface area contributed by atoms with E-state index in [1.807, 2.05) is 6.07 Å². The highest BCUT2D eigenvalue weighted by Crippen LogP contribution is 2.29. The molecule has 1 N–H and O–H groups in total. The van der Waals surface area contributed by atoms with Gasteiger partial charge in [-0.05, 0) is 54.5 Å². The van der Waals surface area contributed by atoms with Crippen molar-refractivity contribution in [1.82, 2.24) is 0 Å². The number of hydrogen-bond donors (Lipinski definition) is 1. The van der Waals surface area contributed by atoms with Gasteiger partial charge in [-0.15, -0.1) is 0 Å². The molecule has 0 aliphatic carbocycles. The van der Waals surface area contributed by atoms with Crippen LogP contribution in [-0.4, -0.2) is 32.7 Å². The van der Waals surface area contributed by atoms with Crippen LogP contribution in [0.4, 0.5) is 5.69 Å². The lowest BCUT2D eigenvalue weighted by atomic mass is 10.1. The number of amides is 1. The Hall–Kier alpha value is -3.79. The first kappa shape index (κ1) is 22.5. The largest absolute Gasteiger partial charge is 0.493 e. The van der Waals surface area contributed by atoms with Gasteiger partial charge in [0.2, 0.25) is 0 Å². The van der Waals surface area contributed by atoms with Crippen molar-refractivity contribution in [1.29, 1.82) is 5.26 Å². The van der Waals surface area contributed by atoms with Gasteiger partial charge in [0.15, 0.2) is 11.5 Å². The van der Waals surface area contributed by atoms with Crippen LogP contribution in [0.25, 0.3) is 6.08 Å². The molecule has 0 aliphatic heterocycles. The van der Waals surface area contributed by atoms with Crippen molar-refractivity contribution in [2.24, 2.45) is 0 Å². The Balaban J connectivity index is 2.15. The smallest absolute Gasteiger partial charge is 0.337 e. The lowest BCUT2D eigenvalue weighted by molar-refractivity contribution is -0.112. The molecule has 2 aromatic carbocycles. The molecule has 2 aromatic rings. The molecule has 0 radical (unpaired) electrons. The van der Waals surface area contributed by atoms with Crippen LogP contribution in [0.3, 0.4) is 0 Å². The van der Waals surface area contributed by atoms with Gasteiger partial charge in [0, 0.05) is 5.69 Å². The monoisotopic (exact) mass is 408 g/mol. The number of nitrogens with one attached hydrogen (secondary N) is 1. The van der Waals surface area contributed by atoms with Gasteiger partial charge in [-0.2, -0.15) is 5.26 Å². The number of nitriles is 1. The number of benzene rings is 2. The Labute approximate surface area is 175 Å². The van der Waals surface area contributed by atoms with Gasteiger partial charge in [0.25, 0.3) is 5.91 Å². The van der Waals surface area contributed by atoms with Gasteiger partial charge in [0.05, 0.1) is 26.4 Å². The number of nitrogens with zero attached hydrogens (tertiary/aromatic N) is 1. The molecular weight excluding hydrogens is 384 g/mol. The summed E-state index contributed by atoms with van der Waals surface area (Å²) in [4.78, 5) is 23.9. The zero-order valence-corrected chi connectivity index (χ0v) is 17.2. The van der Waals surface area contributed by atoms with Crippen LogP contribution < -0.4 is 14.8 Å². The molecular formula is C23H24N2O5. The zero-order valence-electron chi connectivity index (χ0n) is 17.2. The summed E-state index contributed by atoms with van der Waals surface area (Å²) in [6, 6.07) is 13.3. The van der Waals surface area contributed by atoms with E-state index < -0.39 is 11.9 Å². The topological polar surface area (TPSA) is 97.7 Å². The normalized spacial score (nSPS) is 10.7. The summed E-state index contributed by atoms with van der Waals surface area (Å²) in [6.45, 7) is 2.67. The third-order valence-electron chi connectivity index (χ3n) is 4.18. The van der Waals surface area contributed by atoms with Gasteiger partial charge in [-0.1, -0.05) is 19.4 Å². The molecule has 0 aliphatic rings. The fraction of sp³-hybridized carbons (Fsp3) is 0.261. The Morgan fingerprint density at radius 2 is 1.83 bits per heavy atom. The average Bonchev–Trinajstić information content (AvgIpc) is 2.78. The van der Waals surface area contributed by atoms with Crippen LogP contribution in [0, 0.1) is 11.3 Å². The molecule has 0 bridgehead atoms. The molecule has 0 spiro atoms. The van der Waals surface area contributed by atoms with Crippen molar-refractivity contribution in [2.75, 3.05) is 26.1 Å². The molecule has 0 fully saturated rings. The van der Waals surface area contributed by atoms with Crippen molar-refractivity contribution in [3.8, 4) is 17.6 Å². The molecule has 30 heavy (non-hydrogen) atoms. The minimum Gasteiger partial charge on any atom is -0.493 e. The number of hydrogen-bond acceptors (Lipinski definition) is 6. The number of rotatable bonds is 9. The Morgan fingerprint density at radius 1 is 1.10 bits per heavy atom. The zero-order chi connectivity index (χ0) is 21.9. The Morgan fingerprint density at radius 3 is 2.43 bits per heavy atom. The van der Waals surface area contributed by atoms with Crippen molar-refractivity contribution in [3.05, 3.63) is 59.2 Å². The van der Waals surface area contributed by atoms with E-state index in [0.29, 0.717) is 34.9 Å². The number of unbranched alkanes of at least 4 members (excludes halogenated alkanes) is 1. The van der Waals surface area contributed by atoms with E-state index in [-0.39, 0.29) is 5.57 Å². The summed E-state index contributed by atoms with van der Waals surface area (Å²) in [7, 11) is 2.83. The van der Waals surface area contributed by atoms with Crippen LogP contribution >= 0.6 is 0 Å². The van der Waals surface area contributed by atoms with Crippen LogP contribution in [0.2, 0.25) is 0 Å². The molecule has 1 amide bonds. The van der Waals surface area contributed by atoms with Gasteiger partial charge in [-0.25, -0.2) is 4.79 Å². The highest BCUT2D eigenvalue weighted by atomic mass is 16.5. The van der Waals surface area contributed by atoms with Gasteiger partial charge in [-0.3, -0.25) is 4.79 Å². The lowest BCUT2D eigenvalue weighted by Gasteiger charge is -2.11. The molecule has 7 nitrogen and oxygen atoms in total. The molecule has 0 unspecified atom stereocenters. The molecule has 2 rings (SSSR count). The predicted octanol–water partition coefficient (Wildman–Crippen LogP) is 4.21. The van der Waals surface area contributed by atoms with Crippen LogP contribution in [0.5, 0.6) is 11.5 Å². The first-order valence-electron chi connectivity index (χ1n) is 9.44. The third kappa shape index (κ3) is 6.11. The second kappa shape index (κ2) is 11.3. The lowest BCUT2D eigenvalue weighted by Crippen LogP contribution is -2.13. The van der Waals surface area contributed by atoms with E-state index in [2.05, 4.69) is 17.0 Å². The maximum absolute atomic E-state index is 12.5. The SMILES string of the molecule is CCCCOc1ccc(/C=C(/C#N)C(=O)Nc2ccc(C(=O)OC)cc2)cc1OC. The average molecular weight is 408 g/mol. The van der Waals surface area contributed by atoms with Crippen LogP contribution in [-0.2, 0) is 9.53 Å². The maximum Gasteiger partial charge on any atom is 0.337 e. The van der Waals surface area contributed by atoms with Crippen LogP contribution in [0.15, 0.2) is 48.0 Å². The quantitative estimate of drug-likeness (QED) is 0.289. The fourth-order valence-electron chi connectivity index (χ4n) is 2.54. The number of anilines is 1. The van der Waals surface area contributed by atoms with Crippen LogP contribution in [0.1, 0.15) is 35.7 Å².